The summed E-state index contributed by atoms with van der Waals surface area (Å²) in [4.78, 5) is 16.6. The maximum absolute atomic E-state index is 12.0. The van der Waals surface area contributed by atoms with Crippen molar-refractivity contribution in [2.24, 2.45) is 0 Å². The third-order valence-electron chi connectivity index (χ3n) is 4.18. The van der Waals surface area contributed by atoms with E-state index >= 15 is 0 Å². The Balaban J connectivity index is 1.51. The molecular formula is C19H22N4O. The molecule has 5 nitrogen and oxygen atoms in total. The summed E-state index contributed by atoms with van der Waals surface area (Å²) in [5.74, 6) is 1.00. The standard InChI is InChI=1S/C19H22N4O/c1-14-22-17-8-4-5-9-18(17)23(14)13-12-21-19(24)11-10-15-6-2-3-7-16(15)20/h2-9H,10-13,20H2,1H3,(H,21,24). The molecule has 0 atom stereocenters. The van der Waals surface area contributed by atoms with E-state index in [1.165, 1.54) is 0 Å². The highest BCUT2D eigenvalue weighted by molar-refractivity contribution is 5.77. The maximum atomic E-state index is 12.0. The van der Waals surface area contributed by atoms with Gasteiger partial charge in [-0.3, -0.25) is 4.79 Å². The number of para-hydroxylation sites is 3. The van der Waals surface area contributed by atoms with Gasteiger partial charge in [0.15, 0.2) is 0 Å². The number of hydrogen-bond donors (Lipinski definition) is 2. The Bertz CT molecular complexity index is 853. The number of aromatic nitrogens is 2. The first kappa shape index (κ1) is 16.1. The minimum Gasteiger partial charge on any atom is -0.399 e. The van der Waals surface area contributed by atoms with Crippen molar-refractivity contribution in [2.75, 3.05) is 12.3 Å². The fourth-order valence-corrected chi connectivity index (χ4v) is 2.88. The van der Waals surface area contributed by atoms with Crippen molar-refractivity contribution < 1.29 is 4.79 Å². The molecule has 124 valence electrons. The lowest BCUT2D eigenvalue weighted by Gasteiger charge is -2.09. The number of nitrogens with two attached hydrogens (primary N) is 1. The number of imidazole rings is 1. The van der Waals surface area contributed by atoms with E-state index in [4.69, 9.17) is 5.73 Å². The summed E-state index contributed by atoms with van der Waals surface area (Å²) in [5.41, 5.74) is 9.74. The Morgan fingerprint density at radius 2 is 1.92 bits per heavy atom. The first-order chi connectivity index (χ1) is 11.6. The second kappa shape index (κ2) is 7.17. The Morgan fingerprint density at radius 3 is 2.75 bits per heavy atom. The molecule has 1 heterocycles. The molecule has 3 aromatic rings. The molecule has 0 spiro atoms. The van der Waals surface area contributed by atoms with Gasteiger partial charge in [-0.05, 0) is 37.1 Å². The molecule has 1 amide bonds. The van der Waals surface area contributed by atoms with Gasteiger partial charge < -0.3 is 15.6 Å². The molecule has 0 bridgehead atoms. The predicted molar refractivity (Wildman–Crippen MR) is 96.7 cm³/mol. The fourth-order valence-electron chi connectivity index (χ4n) is 2.88. The van der Waals surface area contributed by atoms with Crippen molar-refractivity contribution in [1.82, 2.24) is 14.9 Å². The summed E-state index contributed by atoms with van der Waals surface area (Å²) in [6.45, 7) is 3.29. The van der Waals surface area contributed by atoms with Crippen molar-refractivity contribution in [3.63, 3.8) is 0 Å². The van der Waals surface area contributed by atoms with Crippen LogP contribution in [0.1, 0.15) is 17.8 Å². The van der Waals surface area contributed by atoms with Crippen LogP contribution in [0.2, 0.25) is 0 Å². The van der Waals surface area contributed by atoms with E-state index in [1.807, 2.05) is 49.4 Å². The molecule has 0 saturated carbocycles. The van der Waals surface area contributed by atoms with E-state index in [1.54, 1.807) is 0 Å². The zero-order chi connectivity index (χ0) is 16.9. The van der Waals surface area contributed by atoms with Crippen molar-refractivity contribution in [1.29, 1.82) is 0 Å². The number of hydrogen-bond acceptors (Lipinski definition) is 3. The van der Waals surface area contributed by atoms with E-state index in [2.05, 4.69) is 20.9 Å². The van der Waals surface area contributed by atoms with Crippen molar-refractivity contribution >= 4 is 22.6 Å². The van der Waals surface area contributed by atoms with Crippen LogP contribution >= 0.6 is 0 Å². The zero-order valence-electron chi connectivity index (χ0n) is 13.8. The molecule has 3 N–H and O–H groups in total. The second-order valence-corrected chi connectivity index (χ2v) is 5.85. The molecule has 3 rings (SSSR count). The molecule has 0 aliphatic rings. The van der Waals surface area contributed by atoms with E-state index < -0.39 is 0 Å². The van der Waals surface area contributed by atoms with E-state index in [0.29, 0.717) is 25.9 Å². The van der Waals surface area contributed by atoms with Crippen LogP contribution < -0.4 is 11.1 Å². The summed E-state index contributed by atoms with van der Waals surface area (Å²) >= 11 is 0. The molecule has 1 aromatic heterocycles. The average molecular weight is 322 g/mol. The molecule has 0 unspecified atom stereocenters. The highest BCUT2D eigenvalue weighted by Gasteiger charge is 2.07. The van der Waals surface area contributed by atoms with Crippen molar-refractivity contribution in [2.45, 2.75) is 26.3 Å². The van der Waals surface area contributed by atoms with Gasteiger partial charge in [0, 0.05) is 25.2 Å². The Labute approximate surface area is 141 Å². The van der Waals surface area contributed by atoms with Crippen LogP contribution in [0.4, 0.5) is 5.69 Å². The summed E-state index contributed by atoms with van der Waals surface area (Å²) in [5, 5.41) is 2.97. The first-order valence-corrected chi connectivity index (χ1v) is 8.17. The number of anilines is 1. The van der Waals surface area contributed by atoms with Gasteiger partial charge in [0.05, 0.1) is 11.0 Å². The van der Waals surface area contributed by atoms with Crippen LogP contribution in [0.5, 0.6) is 0 Å². The van der Waals surface area contributed by atoms with Crippen LogP contribution in [-0.4, -0.2) is 22.0 Å². The van der Waals surface area contributed by atoms with Crippen LogP contribution in [0.15, 0.2) is 48.5 Å². The molecule has 0 radical (unpaired) electrons. The number of nitrogens with zero attached hydrogens (tertiary/aromatic N) is 2. The van der Waals surface area contributed by atoms with E-state index in [0.717, 1.165) is 28.1 Å². The summed E-state index contributed by atoms with van der Waals surface area (Å²) in [6.07, 6.45) is 1.10. The van der Waals surface area contributed by atoms with Gasteiger partial charge in [0.2, 0.25) is 5.91 Å². The lowest BCUT2D eigenvalue weighted by Crippen LogP contribution is -2.27. The number of amides is 1. The van der Waals surface area contributed by atoms with Gasteiger partial charge in [-0.1, -0.05) is 30.3 Å². The third-order valence-corrected chi connectivity index (χ3v) is 4.18. The second-order valence-electron chi connectivity index (χ2n) is 5.85. The van der Waals surface area contributed by atoms with Gasteiger partial charge in [0.1, 0.15) is 5.82 Å². The number of fused-ring (bicyclic) bond motifs is 1. The fraction of sp³-hybridized carbons (Fsp3) is 0.263. The van der Waals surface area contributed by atoms with E-state index in [9.17, 15) is 4.79 Å². The minimum atomic E-state index is 0.0420. The number of rotatable bonds is 6. The van der Waals surface area contributed by atoms with Gasteiger partial charge in [-0.25, -0.2) is 4.98 Å². The van der Waals surface area contributed by atoms with Crippen molar-refractivity contribution in [3.8, 4) is 0 Å². The maximum Gasteiger partial charge on any atom is 0.220 e. The third kappa shape index (κ3) is 3.56. The number of aryl methyl sites for hydroxylation is 2. The van der Waals surface area contributed by atoms with E-state index in [-0.39, 0.29) is 5.91 Å². The number of nitrogen functional groups attached to an aromatic ring is 1. The molecule has 0 aliphatic carbocycles. The Morgan fingerprint density at radius 1 is 1.17 bits per heavy atom. The van der Waals surface area contributed by atoms with Crippen LogP contribution in [0, 0.1) is 6.92 Å². The summed E-state index contributed by atoms with van der Waals surface area (Å²) in [6, 6.07) is 15.7. The largest absolute Gasteiger partial charge is 0.399 e. The van der Waals surface area contributed by atoms with Crippen LogP contribution in [0.25, 0.3) is 11.0 Å². The number of benzene rings is 2. The van der Waals surface area contributed by atoms with Gasteiger partial charge in [0.25, 0.3) is 0 Å². The Kier molecular flexibility index (Phi) is 4.79. The Hall–Kier alpha value is -2.82. The monoisotopic (exact) mass is 322 g/mol. The summed E-state index contributed by atoms with van der Waals surface area (Å²) in [7, 11) is 0. The molecule has 24 heavy (non-hydrogen) atoms. The molecule has 2 aromatic carbocycles. The van der Waals surface area contributed by atoms with Crippen molar-refractivity contribution in [3.05, 3.63) is 59.9 Å². The molecular weight excluding hydrogens is 300 g/mol. The SMILES string of the molecule is Cc1nc2ccccc2n1CCNC(=O)CCc1ccccc1N. The van der Waals surface area contributed by atoms with Gasteiger partial charge in [-0.2, -0.15) is 0 Å². The first-order valence-electron chi connectivity index (χ1n) is 8.17. The number of carbonyl (C=O) groups excluding carboxylic acids is 1. The van der Waals surface area contributed by atoms with Crippen LogP contribution in [0.3, 0.4) is 0 Å². The van der Waals surface area contributed by atoms with Crippen LogP contribution in [-0.2, 0) is 17.8 Å². The molecule has 5 heteroatoms. The highest BCUT2D eigenvalue weighted by Crippen LogP contribution is 2.15. The minimum absolute atomic E-state index is 0.0420. The molecule has 0 saturated heterocycles. The number of nitrogens with one attached hydrogen (secondary N) is 1. The molecule has 0 fully saturated rings. The smallest absolute Gasteiger partial charge is 0.220 e. The lowest BCUT2D eigenvalue weighted by molar-refractivity contribution is -0.121. The average Bonchev–Trinajstić information content (AvgIpc) is 2.90. The topological polar surface area (TPSA) is 72.9 Å². The zero-order valence-corrected chi connectivity index (χ0v) is 13.8. The lowest BCUT2D eigenvalue weighted by atomic mass is 10.1. The number of carbonyl (C=O) groups is 1. The highest BCUT2D eigenvalue weighted by atomic mass is 16.1. The summed E-state index contributed by atoms with van der Waals surface area (Å²) < 4.78 is 2.13. The van der Waals surface area contributed by atoms with Gasteiger partial charge >= 0.3 is 0 Å². The molecule has 0 aliphatic heterocycles. The quantitative estimate of drug-likeness (QED) is 0.685. The van der Waals surface area contributed by atoms with Gasteiger partial charge in [-0.15, -0.1) is 0 Å². The predicted octanol–water partition coefficient (Wildman–Crippen LogP) is 2.68. The normalized spacial score (nSPS) is 10.9.